The molecule has 0 bridgehead atoms. The van der Waals surface area contributed by atoms with Crippen molar-refractivity contribution in [2.45, 2.75) is 12.6 Å². The van der Waals surface area contributed by atoms with Gasteiger partial charge in [-0.05, 0) is 18.2 Å². The molecule has 1 unspecified atom stereocenters. The smallest absolute Gasteiger partial charge is 0.416 e. The van der Waals surface area contributed by atoms with E-state index in [0.29, 0.717) is 30.4 Å². The van der Waals surface area contributed by atoms with E-state index in [1.807, 2.05) is 0 Å². The van der Waals surface area contributed by atoms with E-state index in [1.165, 1.54) is 29.2 Å². The van der Waals surface area contributed by atoms with Crippen molar-refractivity contribution in [2.75, 3.05) is 30.0 Å². The maximum atomic E-state index is 13.0. The van der Waals surface area contributed by atoms with Crippen molar-refractivity contribution in [3.63, 3.8) is 0 Å². The van der Waals surface area contributed by atoms with Crippen molar-refractivity contribution in [2.24, 2.45) is 5.92 Å². The minimum absolute atomic E-state index is 0.0336. The van der Waals surface area contributed by atoms with Crippen LogP contribution in [0.15, 0.2) is 36.4 Å². The molecule has 2 amide bonds. The number of amides is 2. The fourth-order valence-corrected chi connectivity index (χ4v) is 3.58. The summed E-state index contributed by atoms with van der Waals surface area (Å²) in [7, 11) is 0. The summed E-state index contributed by atoms with van der Waals surface area (Å²) in [6, 6.07) is 7.53. The Kier molecular flexibility index (Phi) is 5.23. The molecular weight excluding hydrogens is 425 g/mol. The third kappa shape index (κ3) is 4.02. The number of carbonyl (C=O) groups is 2. The highest BCUT2D eigenvalue weighted by Gasteiger charge is 2.37. The summed E-state index contributed by atoms with van der Waals surface area (Å²) in [4.78, 5) is 26.2. The maximum Gasteiger partial charge on any atom is 0.416 e. The Morgan fingerprint density at radius 2 is 1.83 bits per heavy atom. The molecule has 0 radical (unpaired) electrons. The number of nitrogens with one attached hydrogen (secondary N) is 1. The van der Waals surface area contributed by atoms with Crippen molar-refractivity contribution in [1.29, 1.82) is 0 Å². The first-order chi connectivity index (χ1) is 14.2. The zero-order chi connectivity index (χ0) is 21.5. The lowest BCUT2D eigenvalue weighted by atomic mass is 10.1. The number of hydrogen-bond donors (Lipinski definition) is 1. The quantitative estimate of drug-likeness (QED) is 0.779. The zero-order valence-electron chi connectivity index (χ0n) is 15.5. The van der Waals surface area contributed by atoms with E-state index < -0.39 is 29.5 Å². The van der Waals surface area contributed by atoms with Gasteiger partial charge in [-0.15, -0.1) is 0 Å². The van der Waals surface area contributed by atoms with Crippen LogP contribution in [0.25, 0.3) is 0 Å². The molecular formula is C20H16ClF3N2O4. The molecule has 0 saturated carbocycles. The molecule has 0 aromatic heterocycles. The lowest BCUT2D eigenvalue weighted by Gasteiger charge is -2.21. The largest absolute Gasteiger partial charge is 0.486 e. The van der Waals surface area contributed by atoms with Gasteiger partial charge in [0.2, 0.25) is 11.8 Å². The van der Waals surface area contributed by atoms with E-state index >= 15 is 0 Å². The van der Waals surface area contributed by atoms with Gasteiger partial charge in [-0.2, -0.15) is 13.2 Å². The lowest BCUT2D eigenvalue weighted by Crippen LogP contribution is -2.28. The van der Waals surface area contributed by atoms with Crippen LogP contribution in [0.5, 0.6) is 11.5 Å². The summed E-state index contributed by atoms with van der Waals surface area (Å²) in [5, 5.41) is 2.91. The number of carbonyl (C=O) groups excluding carboxylic acids is 2. The van der Waals surface area contributed by atoms with E-state index in [1.54, 1.807) is 0 Å². The minimum Gasteiger partial charge on any atom is -0.486 e. The van der Waals surface area contributed by atoms with Crippen LogP contribution >= 0.6 is 11.6 Å². The first-order valence-electron chi connectivity index (χ1n) is 9.10. The summed E-state index contributed by atoms with van der Waals surface area (Å²) >= 11 is 6.19. The number of nitrogens with zero attached hydrogens (tertiary/aromatic N) is 1. The molecule has 1 saturated heterocycles. The molecule has 1 N–H and O–H groups in total. The van der Waals surface area contributed by atoms with Gasteiger partial charge in [0.1, 0.15) is 13.2 Å². The molecule has 10 heteroatoms. The van der Waals surface area contributed by atoms with Gasteiger partial charge in [0.15, 0.2) is 11.5 Å². The Hall–Kier alpha value is -2.94. The number of rotatable bonds is 3. The summed E-state index contributed by atoms with van der Waals surface area (Å²) in [6.45, 7) is 0.726. The number of hydrogen-bond acceptors (Lipinski definition) is 4. The van der Waals surface area contributed by atoms with Crippen LogP contribution in [0.4, 0.5) is 24.5 Å². The Morgan fingerprint density at radius 3 is 2.53 bits per heavy atom. The van der Waals surface area contributed by atoms with Gasteiger partial charge >= 0.3 is 6.18 Å². The third-order valence-electron chi connectivity index (χ3n) is 4.87. The van der Waals surface area contributed by atoms with E-state index in [0.717, 1.165) is 12.1 Å². The monoisotopic (exact) mass is 440 g/mol. The molecule has 0 aliphatic carbocycles. The molecule has 2 aliphatic heterocycles. The van der Waals surface area contributed by atoms with Crippen molar-refractivity contribution in [3.05, 3.63) is 47.0 Å². The summed E-state index contributed by atoms with van der Waals surface area (Å²) in [6.07, 6.45) is -4.64. The molecule has 1 fully saturated rings. The van der Waals surface area contributed by atoms with Gasteiger partial charge in [0.05, 0.1) is 22.2 Å². The standard InChI is InChI=1S/C20H16ClF3N2O4/c21-14-8-16-17(30-5-4-29-16)9-15(14)25-19(28)11-6-18(27)26(10-11)13-3-1-2-12(7-13)20(22,23)24/h1-3,7-9,11H,4-6,10H2,(H,25,28). The van der Waals surface area contributed by atoms with E-state index in [9.17, 15) is 22.8 Å². The fourth-order valence-electron chi connectivity index (χ4n) is 3.38. The minimum atomic E-state index is -4.52. The van der Waals surface area contributed by atoms with E-state index in [-0.39, 0.29) is 23.7 Å². The SMILES string of the molecule is O=C(Nc1cc2c(cc1Cl)OCCO2)C1CC(=O)N(c2cccc(C(F)(F)F)c2)C1. The lowest BCUT2D eigenvalue weighted by molar-refractivity contribution is -0.137. The van der Waals surface area contributed by atoms with Gasteiger partial charge in [0.25, 0.3) is 0 Å². The van der Waals surface area contributed by atoms with Gasteiger partial charge < -0.3 is 19.7 Å². The van der Waals surface area contributed by atoms with Crippen LogP contribution in [0.2, 0.25) is 5.02 Å². The Labute approximate surface area is 174 Å². The van der Waals surface area contributed by atoms with Crippen LogP contribution in [0.1, 0.15) is 12.0 Å². The van der Waals surface area contributed by atoms with Crippen LogP contribution in [0.3, 0.4) is 0 Å². The number of anilines is 2. The molecule has 30 heavy (non-hydrogen) atoms. The normalized spacial score (nSPS) is 18.5. The third-order valence-corrected chi connectivity index (χ3v) is 5.18. The predicted octanol–water partition coefficient (Wildman–Crippen LogP) is 4.12. The summed E-state index contributed by atoms with van der Waals surface area (Å²) < 4.78 is 49.8. The molecule has 2 heterocycles. The highest BCUT2D eigenvalue weighted by atomic mass is 35.5. The molecule has 4 rings (SSSR count). The summed E-state index contributed by atoms with van der Waals surface area (Å²) in [5.74, 6) is -0.722. The molecule has 0 spiro atoms. The van der Waals surface area contributed by atoms with E-state index in [2.05, 4.69) is 5.32 Å². The molecule has 2 aliphatic rings. The van der Waals surface area contributed by atoms with Gasteiger partial charge in [-0.3, -0.25) is 9.59 Å². The van der Waals surface area contributed by atoms with Crippen LogP contribution in [-0.2, 0) is 15.8 Å². The van der Waals surface area contributed by atoms with Crippen molar-refractivity contribution in [1.82, 2.24) is 0 Å². The molecule has 2 aromatic rings. The van der Waals surface area contributed by atoms with Crippen molar-refractivity contribution >= 4 is 34.8 Å². The van der Waals surface area contributed by atoms with Crippen LogP contribution < -0.4 is 19.7 Å². The molecule has 6 nitrogen and oxygen atoms in total. The second-order valence-corrected chi connectivity index (χ2v) is 7.33. The average molecular weight is 441 g/mol. The first kappa shape index (κ1) is 20.3. The van der Waals surface area contributed by atoms with Crippen LogP contribution in [-0.4, -0.2) is 31.6 Å². The fraction of sp³-hybridized carbons (Fsp3) is 0.300. The van der Waals surface area contributed by atoms with Crippen LogP contribution in [0, 0.1) is 5.92 Å². The maximum absolute atomic E-state index is 13.0. The van der Waals surface area contributed by atoms with Gasteiger partial charge in [-0.1, -0.05) is 17.7 Å². The number of halogens is 4. The topological polar surface area (TPSA) is 67.9 Å². The molecule has 1 atom stereocenters. The second-order valence-electron chi connectivity index (χ2n) is 6.92. The summed E-state index contributed by atoms with van der Waals surface area (Å²) in [5.41, 5.74) is -0.456. The molecule has 158 valence electrons. The zero-order valence-corrected chi connectivity index (χ0v) is 16.2. The highest BCUT2D eigenvalue weighted by Crippen LogP contribution is 2.39. The second kappa shape index (κ2) is 7.71. The predicted molar refractivity (Wildman–Crippen MR) is 103 cm³/mol. The number of ether oxygens (including phenoxy) is 2. The van der Waals surface area contributed by atoms with Gasteiger partial charge in [0, 0.05) is 30.8 Å². The number of fused-ring (bicyclic) bond motifs is 1. The Morgan fingerprint density at radius 1 is 1.13 bits per heavy atom. The average Bonchev–Trinajstić information content (AvgIpc) is 3.10. The first-order valence-corrected chi connectivity index (χ1v) is 9.48. The highest BCUT2D eigenvalue weighted by molar-refractivity contribution is 6.34. The Bertz CT molecular complexity index is 1010. The number of benzene rings is 2. The number of alkyl halides is 3. The van der Waals surface area contributed by atoms with E-state index in [4.69, 9.17) is 21.1 Å². The molecule has 2 aromatic carbocycles. The van der Waals surface area contributed by atoms with Crippen molar-refractivity contribution < 1.29 is 32.2 Å². The van der Waals surface area contributed by atoms with Gasteiger partial charge in [-0.25, -0.2) is 0 Å². The Balaban J connectivity index is 1.49. The van der Waals surface area contributed by atoms with Crippen molar-refractivity contribution in [3.8, 4) is 11.5 Å².